The fraction of sp³-hybridized carbons (Fsp3) is 0. The van der Waals surface area contributed by atoms with Gasteiger partial charge < -0.3 is 9.13 Å². The summed E-state index contributed by atoms with van der Waals surface area (Å²) in [4.78, 5) is 0. The minimum Gasteiger partial charge on any atom is -0.309 e. The quantitative estimate of drug-likeness (QED) is 0.148. The number of hydrogen-bond acceptors (Lipinski definition) is 4. The Morgan fingerprint density at radius 2 is 0.762 bits per heavy atom. The summed E-state index contributed by atoms with van der Waals surface area (Å²) in [6.45, 7) is 0. The van der Waals surface area contributed by atoms with Crippen molar-refractivity contribution in [2.75, 3.05) is 0 Å². The number of nitrogens with zero attached hydrogens (tertiary/aromatic N) is 6. The highest BCUT2D eigenvalue weighted by Crippen LogP contribution is 2.43. The molecular formula is C76H44N6Si2. The molecule has 0 saturated carbocycles. The standard InChI is InChI=1S/C76H44N6Si2/c77-45-49-37-61(67(48-80)70(38-49)82-68-30-16-13-27-58(68)63-43-75-66(42-72(63)82)60-29-15-18-32-74(60)83(75,54-19-5-1-6-20-54)55-21-7-2-8-22-55)50-34-36-69-62(40-50)64-44-76-65(41-71(64)81(69)53-35-33-51(46-78)52(39-53)47-79)59-28-14-17-31-73(59)84(76,56-23-9-3-10-24-56)57-25-11-4-12-26-57/h1-44H. The van der Waals surface area contributed by atoms with Gasteiger partial charge in [-0.25, -0.2) is 0 Å². The second-order valence-corrected chi connectivity index (χ2v) is 29.4. The van der Waals surface area contributed by atoms with Gasteiger partial charge in [0.05, 0.1) is 56.1 Å². The van der Waals surface area contributed by atoms with E-state index in [9.17, 15) is 21.0 Å². The molecule has 0 N–H and O–H groups in total. The van der Waals surface area contributed by atoms with Crippen LogP contribution in [0.15, 0.2) is 267 Å². The van der Waals surface area contributed by atoms with Crippen LogP contribution in [-0.2, 0) is 0 Å². The number of rotatable bonds is 7. The summed E-state index contributed by atoms with van der Waals surface area (Å²) in [5.41, 5.74) is 12.7. The van der Waals surface area contributed by atoms with Gasteiger partial charge in [0.15, 0.2) is 16.1 Å². The van der Waals surface area contributed by atoms with Gasteiger partial charge in [0.2, 0.25) is 0 Å². The van der Waals surface area contributed by atoms with Crippen LogP contribution in [0.1, 0.15) is 22.3 Å². The highest BCUT2D eigenvalue weighted by molar-refractivity contribution is 7.23. The second-order valence-electron chi connectivity index (χ2n) is 21.9. The van der Waals surface area contributed by atoms with Crippen LogP contribution in [0.5, 0.6) is 0 Å². The van der Waals surface area contributed by atoms with Crippen LogP contribution in [0.2, 0.25) is 0 Å². The third-order valence-electron chi connectivity index (χ3n) is 18.0. The monoisotopic (exact) mass is 1100 g/mol. The SMILES string of the molecule is N#Cc1cc(-c2ccc3c(c2)c2cc4c(cc2n3-c2ccc(C#N)c(C#N)c2)-c2ccccc2[Si]4(c2ccccc2)c2ccccc2)c(C#N)c(-n2c3ccccc3c3cc4c(cc32)-c2ccccc2[Si]4(c2ccccc2)c2ccccc2)c1. The first-order valence-corrected chi connectivity index (χ1v) is 32.1. The Hall–Kier alpha value is -11.4. The topological polar surface area (TPSA) is 105 Å². The van der Waals surface area contributed by atoms with Crippen molar-refractivity contribution in [3.63, 3.8) is 0 Å². The third-order valence-corrected chi connectivity index (χ3v) is 27.7. The molecule has 0 bridgehead atoms. The molecule has 2 aliphatic heterocycles. The second kappa shape index (κ2) is 18.6. The first-order valence-electron chi connectivity index (χ1n) is 28.1. The maximum absolute atomic E-state index is 11.8. The first-order chi connectivity index (χ1) is 41.5. The highest BCUT2D eigenvalue weighted by Gasteiger charge is 2.50. The van der Waals surface area contributed by atoms with Crippen LogP contribution in [0.4, 0.5) is 0 Å². The van der Waals surface area contributed by atoms with E-state index in [-0.39, 0.29) is 0 Å². The molecule has 0 unspecified atom stereocenters. The molecule has 2 aromatic heterocycles. The number of fused-ring (bicyclic) bond motifs is 12. The van der Waals surface area contributed by atoms with Crippen molar-refractivity contribution in [3.8, 4) is 69.0 Å². The molecule has 4 heterocycles. The number of nitriles is 4. The van der Waals surface area contributed by atoms with E-state index < -0.39 is 16.1 Å². The third kappa shape index (κ3) is 6.61. The van der Waals surface area contributed by atoms with Crippen molar-refractivity contribution in [1.29, 1.82) is 21.0 Å². The predicted molar refractivity (Wildman–Crippen MR) is 345 cm³/mol. The van der Waals surface area contributed by atoms with Crippen LogP contribution in [0, 0.1) is 45.3 Å². The molecule has 0 atom stereocenters. The molecule has 386 valence electrons. The summed E-state index contributed by atoms with van der Waals surface area (Å²) in [5.74, 6) is 0. The van der Waals surface area contributed by atoms with E-state index in [0.29, 0.717) is 33.5 Å². The molecule has 14 aromatic rings. The summed E-state index contributed by atoms with van der Waals surface area (Å²) in [6, 6.07) is 105. The van der Waals surface area contributed by atoms with Gasteiger partial charge in [-0.1, -0.05) is 206 Å². The Bertz CT molecular complexity index is 5230. The van der Waals surface area contributed by atoms with Gasteiger partial charge >= 0.3 is 0 Å². The lowest BCUT2D eigenvalue weighted by Crippen LogP contribution is -2.72. The fourth-order valence-electron chi connectivity index (χ4n) is 14.6. The van der Waals surface area contributed by atoms with E-state index in [1.165, 1.54) is 58.2 Å². The number of para-hydroxylation sites is 1. The molecular weight excluding hydrogens is 1050 g/mol. The first kappa shape index (κ1) is 48.5. The van der Waals surface area contributed by atoms with E-state index in [2.05, 4.69) is 264 Å². The lowest BCUT2D eigenvalue weighted by Gasteiger charge is -2.31. The summed E-state index contributed by atoms with van der Waals surface area (Å²) in [5, 5.41) is 57.9. The van der Waals surface area contributed by atoms with Crippen LogP contribution in [-0.4, -0.2) is 25.3 Å². The van der Waals surface area contributed by atoms with Crippen molar-refractivity contribution in [3.05, 3.63) is 289 Å². The zero-order valence-corrected chi connectivity index (χ0v) is 47.1. The Kier molecular flexibility index (Phi) is 10.7. The Morgan fingerprint density at radius 3 is 1.30 bits per heavy atom. The normalized spacial score (nSPS) is 13.1. The van der Waals surface area contributed by atoms with Crippen molar-refractivity contribution in [2.24, 2.45) is 0 Å². The van der Waals surface area contributed by atoms with Gasteiger partial charge in [-0.2, -0.15) is 21.0 Å². The zero-order chi connectivity index (χ0) is 56.3. The molecule has 0 amide bonds. The Balaban J connectivity index is 0.970. The smallest absolute Gasteiger partial charge is 0.180 e. The van der Waals surface area contributed by atoms with Gasteiger partial charge in [0.25, 0.3) is 0 Å². The highest BCUT2D eigenvalue weighted by atomic mass is 28.3. The molecule has 8 heteroatoms. The molecule has 0 spiro atoms. The van der Waals surface area contributed by atoms with Crippen LogP contribution < -0.4 is 41.5 Å². The zero-order valence-electron chi connectivity index (χ0n) is 45.1. The molecule has 0 fully saturated rings. The van der Waals surface area contributed by atoms with Crippen LogP contribution in [0.3, 0.4) is 0 Å². The van der Waals surface area contributed by atoms with E-state index in [4.69, 9.17) is 0 Å². The van der Waals surface area contributed by atoms with Gasteiger partial charge in [0, 0.05) is 32.8 Å². The Labute approximate surface area is 486 Å². The minimum atomic E-state index is -2.95. The van der Waals surface area contributed by atoms with Gasteiger partial charge in [-0.15, -0.1) is 0 Å². The van der Waals surface area contributed by atoms with Gasteiger partial charge in [-0.05, 0) is 130 Å². The van der Waals surface area contributed by atoms with Crippen molar-refractivity contribution in [1.82, 2.24) is 9.13 Å². The molecule has 84 heavy (non-hydrogen) atoms. The van der Waals surface area contributed by atoms with E-state index >= 15 is 0 Å². The summed E-state index contributed by atoms with van der Waals surface area (Å²) in [6.07, 6.45) is 0. The predicted octanol–water partition coefficient (Wildman–Crippen LogP) is 11.8. The van der Waals surface area contributed by atoms with Gasteiger partial charge in [-0.3, -0.25) is 0 Å². The molecule has 12 aromatic carbocycles. The number of aromatic nitrogens is 2. The lowest BCUT2D eigenvalue weighted by atomic mass is 9.94. The van der Waals surface area contributed by atoms with Crippen LogP contribution >= 0.6 is 0 Å². The Morgan fingerprint density at radius 1 is 0.286 bits per heavy atom. The maximum Gasteiger partial charge on any atom is 0.180 e. The van der Waals surface area contributed by atoms with E-state index in [1.807, 2.05) is 24.3 Å². The summed E-state index contributed by atoms with van der Waals surface area (Å²) >= 11 is 0. The lowest BCUT2D eigenvalue weighted by molar-refractivity contribution is 1.16. The molecule has 6 nitrogen and oxygen atoms in total. The molecule has 0 aliphatic carbocycles. The summed E-state index contributed by atoms with van der Waals surface area (Å²) < 4.78 is 4.42. The number of hydrogen-bond donors (Lipinski definition) is 0. The largest absolute Gasteiger partial charge is 0.309 e. The molecule has 16 rings (SSSR count). The van der Waals surface area contributed by atoms with Crippen molar-refractivity contribution < 1.29 is 0 Å². The number of benzene rings is 12. The minimum absolute atomic E-state index is 0.292. The fourth-order valence-corrected chi connectivity index (χ4v) is 25.0. The average Bonchev–Trinajstić information content (AvgIpc) is 1.57. The van der Waals surface area contributed by atoms with E-state index in [1.54, 1.807) is 12.1 Å². The van der Waals surface area contributed by atoms with Crippen molar-refractivity contribution >= 4 is 101 Å². The van der Waals surface area contributed by atoms with Gasteiger partial charge in [0.1, 0.15) is 18.2 Å². The van der Waals surface area contributed by atoms with Crippen molar-refractivity contribution in [2.45, 2.75) is 0 Å². The average molecular weight is 1100 g/mol. The molecule has 0 saturated heterocycles. The maximum atomic E-state index is 11.8. The molecule has 0 radical (unpaired) electrons. The molecule has 2 aliphatic rings. The van der Waals surface area contributed by atoms with Crippen LogP contribution in [0.25, 0.3) is 88.4 Å². The summed E-state index contributed by atoms with van der Waals surface area (Å²) in [7, 11) is -5.81. The van der Waals surface area contributed by atoms with E-state index in [0.717, 1.165) is 60.4 Å².